The van der Waals surface area contributed by atoms with Crippen LogP contribution in [-0.4, -0.2) is 27.0 Å². The second-order valence-electron chi connectivity index (χ2n) is 17.5. The third kappa shape index (κ3) is 11.9. The second-order valence-corrected chi connectivity index (χ2v) is 21.8. The molecule has 69 heavy (non-hydrogen) atoms. The Morgan fingerprint density at radius 2 is 0.884 bits per heavy atom. The summed E-state index contributed by atoms with van der Waals surface area (Å²) in [6.45, 7) is 9.76. The number of oxazole rings is 2. The van der Waals surface area contributed by atoms with E-state index in [4.69, 9.17) is 23.5 Å². The van der Waals surface area contributed by atoms with Gasteiger partial charge in [0.1, 0.15) is 22.5 Å². The highest BCUT2D eigenvalue weighted by Gasteiger charge is 2.19. The van der Waals surface area contributed by atoms with Gasteiger partial charge in [-0.05, 0) is 143 Å². The Morgan fingerprint density at radius 1 is 0.493 bits per heavy atom. The van der Waals surface area contributed by atoms with Gasteiger partial charge in [-0.2, -0.15) is 0 Å². The average molecular weight is 1240 g/mol. The molecule has 10 aromatic rings. The third-order valence-corrected chi connectivity index (χ3v) is 15.7. The van der Waals surface area contributed by atoms with Gasteiger partial charge in [0.2, 0.25) is 11.8 Å². The lowest BCUT2D eigenvalue weighted by Gasteiger charge is -2.15. The van der Waals surface area contributed by atoms with Crippen molar-refractivity contribution in [2.75, 3.05) is 11.9 Å². The first-order chi connectivity index (χ1) is 33.5. The molecule has 2 aromatic heterocycles. The van der Waals surface area contributed by atoms with E-state index >= 15 is 0 Å². The number of benzene rings is 8. The van der Waals surface area contributed by atoms with Crippen molar-refractivity contribution in [3.63, 3.8) is 0 Å². The van der Waals surface area contributed by atoms with Crippen LogP contribution >= 0.6 is 79.6 Å². The summed E-state index contributed by atoms with van der Waals surface area (Å²) in [5.41, 5.74) is 5.03. The summed E-state index contributed by atoms with van der Waals surface area (Å²) in [5, 5.41) is 19.5. The van der Waals surface area contributed by atoms with E-state index in [-0.39, 0.29) is 5.75 Å². The van der Waals surface area contributed by atoms with Gasteiger partial charge in [0.15, 0.2) is 11.2 Å². The molecule has 356 valence electrons. The molecule has 0 radical (unpaired) electrons. The Bertz CT molecular complexity index is 3190. The molecule has 0 bridgehead atoms. The van der Waals surface area contributed by atoms with Gasteiger partial charge in [-0.15, -0.1) is 0 Å². The minimum absolute atomic E-state index is 0.216. The predicted octanol–water partition coefficient (Wildman–Crippen LogP) is 20.6. The van der Waals surface area contributed by atoms with Gasteiger partial charge in [0, 0.05) is 55.9 Å². The molecule has 2 heterocycles. The molecule has 1 N–H and O–H groups in total. The maximum Gasteiger partial charge on any atom is 0.227 e. The van der Waals surface area contributed by atoms with Crippen LogP contribution in [0.1, 0.15) is 79.1 Å². The molecule has 0 aliphatic carbocycles. The van der Waals surface area contributed by atoms with E-state index in [0.29, 0.717) is 17.7 Å². The molecular weight excluding hydrogens is 1190 g/mol. The monoisotopic (exact) mass is 1240 g/mol. The zero-order valence-electron chi connectivity index (χ0n) is 39.2. The molecular formula is C58H55Br5N2O4. The number of ether oxygens (including phenoxy) is 1. The lowest BCUT2D eigenvalue weighted by Crippen LogP contribution is -2.11. The van der Waals surface area contributed by atoms with Crippen LogP contribution in [0.25, 0.3) is 88.2 Å². The largest absolute Gasteiger partial charge is 0.508 e. The van der Waals surface area contributed by atoms with Crippen molar-refractivity contribution in [2.45, 2.75) is 79.1 Å². The van der Waals surface area contributed by atoms with E-state index in [0.717, 1.165) is 119 Å². The van der Waals surface area contributed by atoms with Crippen LogP contribution in [0.5, 0.6) is 11.5 Å². The molecule has 6 nitrogen and oxygen atoms in total. The fourth-order valence-corrected chi connectivity index (χ4v) is 10.9. The number of halogens is 5. The van der Waals surface area contributed by atoms with E-state index < -0.39 is 0 Å². The molecule has 2 atom stereocenters. The van der Waals surface area contributed by atoms with Crippen molar-refractivity contribution in [1.82, 2.24) is 9.97 Å². The highest BCUT2D eigenvalue weighted by atomic mass is 79.9. The van der Waals surface area contributed by atoms with Gasteiger partial charge in [-0.3, -0.25) is 0 Å². The lowest BCUT2D eigenvalue weighted by molar-refractivity contribution is 0.233. The van der Waals surface area contributed by atoms with Crippen molar-refractivity contribution in [3.8, 4) is 34.4 Å². The number of hydrogen-bond acceptors (Lipinski definition) is 6. The molecule has 0 spiro atoms. The van der Waals surface area contributed by atoms with E-state index in [1.807, 2.05) is 36.4 Å². The molecule has 2 unspecified atom stereocenters. The number of phenolic OH excluding ortho intramolecular Hbond substituents is 1. The number of fused-ring (bicyclic) bond motifs is 12. The van der Waals surface area contributed by atoms with Crippen molar-refractivity contribution >= 4 is 145 Å². The molecule has 0 amide bonds. The van der Waals surface area contributed by atoms with Crippen LogP contribution in [-0.2, 0) is 0 Å². The van der Waals surface area contributed by atoms with Crippen molar-refractivity contribution in [3.05, 3.63) is 139 Å². The Kier molecular flexibility index (Phi) is 17.6. The first kappa shape index (κ1) is 51.1. The van der Waals surface area contributed by atoms with Crippen LogP contribution in [0.2, 0.25) is 0 Å². The van der Waals surface area contributed by atoms with E-state index in [1.54, 1.807) is 24.3 Å². The van der Waals surface area contributed by atoms with Crippen LogP contribution in [0, 0.1) is 11.8 Å². The van der Waals surface area contributed by atoms with Crippen LogP contribution in [0.4, 0.5) is 0 Å². The number of aromatic hydroxyl groups is 1. The van der Waals surface area contributed by atoms with Gasteiger partial charge in [-0.25, -0.2) is 9.97 Å². The fourth-order valence-electron chi connectivity index (χ4n) is 8.68. The zero-order valence-corrected chi connectivity index (χ0v) is 47.2. The normalized spacial score (nSPS) is 12.4. The maximum absolute atomic E-state index is 9.53. The standard InChI is InChI=1S/C29H27Br2NO2.C21H11Br2NO2.C8H17Br/c1-3-5-6-18(4-2)17-33-22-11-7-19(8-12-22)29-32-27-25-15-20(30)9-13-23(25)24-14-10-21(31)16-26(24)28(27)34-29;22-12-3-7-15-16-8-4-13(23)10-18(16)20-19(17(15)9-12)24-21(26-20)11-1-5-14(25)6-2-11;1-3-5-6-8(4-2)7-9/h7-16,18H,3-6,17H2,1-2H3;1-10,25H;8H,3-7H2,1-2H3. The summed E-state index contributed by atoms with van der Waals surface area (Å²) in [6.07, 6.45) is 10.3. The molecule has 0 fully saturated rings. The SMILES string of the molecule is CCCCC(CC)CBr.CCCCC(CC)COc1ccc(-c2nc3c4cc(Br)ccc4c4ccc(Br)cc4c3o2)cc1.Oc1ccc(-c2nc3c4cc(Br)ccc4c4ccc(Br)cc4c3o2)cc1. The smallest absolute Gasteiger partial charge is 0.227 e. The molecule has 0 aliphatic heterocycles. The summed E-state index contributed by atoms with van der Waals surface area (Å²) < 4.78 is 22.7. The molecule has 0 saturated heterocycles. The van der Waals surface area contributed by atoms with Crippen molar-refractivity contribution < 1.29 is 18.7 Å². The summed E-state index contributed by atoms with van der Waals surface area (Å²) >= 11 is 17.9. The molecule has 0 aliphatic rings. The van der Waals surface area contributed by atoms with E-state index in [9.17, 15) is 5.11 Å². The van der Waals surface area contributed by atoms with Gasteiger partial charge in [0.25, 0.3) is 0 Å². The number of phenols is 1. The van der Waals surface area contributed by atoms with E-state index in [2.05, 4.69) is 168 Å². The number of unbranched alkanes of at least 4 members (excludes halogenated alkanes) is 2. The van der Waals surface area contributed by atoms with Crippen molar-refractivity contribution in [2.24, 2.45) is 11.8 Å². The summed E-state index contributed by atoms with van der Waals surface area (Å²) in [6, 6.07) is 40.0. The number of hydrogen-bond donors (Lipinski definition) is 1. The molecule has 8 aromatic carbocycles. The van der Waals surface area contributed by atoms with Crippen molar-refractivity contribution in [1.29, 1.82) is 0 Å². The molecule has 11 heteroatoms. The Hall–Kier alpha value is -4.26. The van der Waals surface area contributed by atoms with Gasteiger partial charge in [-0.1, -0.05) is 170 Å². The van der Waals surface area contributed by atoms with Crippen LogP contribution in [0.3, 0.4) is 0 Å². The number of rotatable bonds is 14. The topological polar surface area (TPSA) is 81.5 Å². The average Bonchev–Trinajstić information content (AvgIpc) is 4.03. The summed E-state index contributed by atoms with van der Waals surface area (Å²) in [4.78, 5) is 9.72. The molecule has 0 saturated carbocycles. The fraction of sp³-hybridized carbons (Fsp3) is 0.276. The Morgan fingerprint density at radius 3 is 1.29 bits per heavy atom. The summed E-state index contributed by atoms with van der Waals surface area (Å²) in [5.74, 6) is 3.78. The lowest BCUT2D eigenvalue weighted by atomic mass is 10.0. The quantitative estimate of drug-likeness (QED) is 0.0863. The van der Waals surface area contributed by atoms with Gasteiger partial charge >= 0.3 is 0 Å². The van der Waals surface area contributed by atoms with Crippen LogP contribution < -0.4 is 4.74 Å². The Balaban J connectivity index is 0.000000162. The zero-order chi connectivity index (χ0) is 48.6. The maximum atomic E-state index is 9.53. The van der Waals surface area contributed by atoms with E-state index in [1.165, 1.54) is 50.3 Å². The van der Waals surface area contributed by atoms with Gasteiger partial charge in [0.05, 0.1) is 6.61 Å². The Labute approximate surface area is 446 Å². The highest BCUT2D eigenvalue weighted by Crippen LogP contribution is 2.41. The first-order valence-electron chi connectivity index (χ1n) is 23.8. The minimum Gasteiger partial charge on any atom is -0.508 e. The minimum atomic E-state index is 0.216. The summed E-state index contributed by atoms with van der Waals surface area (Å²) in [7, 11) is 0. The van der Waals surface area contributed by atoms with Gasteiger partial charge < -0.3 is 18.7 Å². The van der Waals surface area contributed by atoms with Crippen LogP contribution in [0.15, 0.2) is 148 Å². The molecule has 10 rings (SSSR count). The number of aromatic nitrogens is 2. The first-order valence-corrected chi connectivity index (χ1v) is 28.1. The number of alkyl halides is 1. The number of nitrogens with zero attached hydrogens (tertiary/aromatic N) is 2. The predicted molar refractivity (Wildman–Crippen MR) is 307 cm³/mol. The second kappa shape index (κ2) is 23.8. The highest BCUT2D eigenvalue weighted by molar-refractivity contribution is 9.11. The third-order valence-electron chi connectivity index (χ3n) is 12.8.